The number of benzene rings is 1. The van der Waals surface area contributed by atoms with E-state index in [1.165, 1.54) is 12.1 Å². The number of aliphatic hydroxyl groups excluding tert-OH is 1. The van der Waals surface area contributed by atoms with Crippen LogP contribution in [-0.2, 0) is 12.8 Å². The van der Waals surface area contributed by atoms with Gasteiger partial charge in [-0.3, -0.25) is 0 Å². The summed E-state index contributed by atoms with van der Waals surface area (Å²) < 4.78 is 39.1. The number of hydrogen-bond donors (Lipinski definition) is 1. The molecule has 0 fully saturated rings. The first-order chi connectivity index (χ1) is 8.54. The minimum Gasteiger partial charge on any atom is -0.392 e. The Bertz CT molecular complexity index is 435. The quantitative estimate of drug-likeness (QED) is 0.909. The van der Waals surface area contributed by atoms with Crippen LogP contribution in [0.4, 0.5) is 18.9 Å². The van der Waals surface area contributed by atoms with Crippen LogP contribution in [0.25, 0.3) is 0 Å². The van der Waals surface area contributed by atoms with Gasteiger partial charge in [0.05, 0.1) is 12.2 Å². The van der Waals surface area contributed by atoms with Crippen molar-refractivity contribution in [1.29, 1.82) is 0 Å². The number of nitrogens with zero attached hydrogens (tertiary/aromatic N) is 1. The van der Waals surface area contributed by atoms with Gasteiger partial charge >= 0.3 is 6.18 Å². The standard InChI is InChI=1S/C14H20F3NO/c1-13(2,3)9-18(4)12-6-5-10(8-19)7-11(12)14(15,16)17/h5-7,19H,8-9H2,1-4H3. The molecule has 0 aliphatic heterocycles. The first-order valence-electron chi connectivity index (χ1n) is 6.07. The molecule has 0 saturated heterocycles. The summed E-state index contributed by atoms with van der Waals surface area (Å²) in [6.07, 6.45) is -4.42. The molecule has 0 aliphatic carbocycles. The lowest BCUT2D eigenvalue weighted by molar-refractivity contribution is -0.137. The SMILES string of the molecule is CN(CC(C)(C)C)c1ccc(CO)cc1C(F)(F)F. The second kappa shape index (κ2) is 5.41. The van der Waals surface area contributed by atoms with Crippen LogP contribution in [0.5, 0.6) is 0 Å². The van der Waals surface area contributed by atoms with E-state index >= 15 is 0 Å². The first-order valence-corrected chi connectivity index (χ1v) is 6.07. The van der Waals surface area contributed by atoms with Gasteiger partial charge in [-0.15, -0.1) is 0 Å². The van der Waals surface area contributed by atoms with Crippen molar-refractivity contribution in [1.82, 2.24) is 0 Å². The highest BCUT2D eigenvalue weighted by atomic mass is 19.4. The summed E-state index contributed by atoms with van der Waals surface area (Å²) in [7, 11) is 1.65. The summed E-state index contributed by atoms with van der Waals surface area (Å²) in [5.74, 6) is 0. The summed E-state index contributed by atoms with van der Waals surface area (Å²) in [6, 6.07) is 3.94. The second-order valence-corrected chi connectivity index (χ2v) is 5.92. The van der Waals surface area contributed by atoms with Gasteiger partial charge in [-0.2, -0.15) is 13.2 Å². The Balaban J connectivity index is 3.20. The van der Waals surface area contributed by atoms with Gasteiger partial charge in [0.1, 0.15) is 0 Å². The van der Waals surface area contributed by atoms with Crippen LogP contribution in [0.3, 0.4) is 0 Å². The molecule has 108 valence electrons. The molecule has 1 N–H and O–H groups in total. The lowest BCUT2D eigenvalue weighted by Crippen LogP contribution is -2.30. The molecule has 0 spiro atoms. The molecule has 0 heterocycles. The third kappa shape index (κ3) is 4.42. The average Bonchev–Trinajstić information content (AvgIpc) is 2.24. The fraction of sp³-hybridized carbons (Fsp3) is 0.571. The molecule has 0 amide bonds. The summed E-state index contributed by atoms with van der Waals surface area (Å²) >= 11 is 0. The van der Waals surface area contributed by atoms with Crippen molar-refractivity contribution in [3.05, 3.63) is 29.3 Å². The molecule has 0 aromatic heterocycles. The molecular weight excluding hydrogens is 255 g/mol. The van der Waals surface area contributed by atoms with E-state index in [0.717, 1.165) is 6.07 Å². The van der Waals surface area contributed by atoms with Crippen molar-refractivity contribution in [3.8, 4) is 0 Å². The molecule has 0 unspecified atom stereocenters. The third-order valence-corrected chi connectivity index (χ3v) is 2.67. The van der Waals surface area contributed by atoms with Crippen LogP contribution in [0, 0.1) is 5.41 Å². The fourth-order valence-corrected chi connectivity index (χ4v) is 2.04. The average molecular weight is 275 g/mol. The van der Waals surface area contributed by atoms with Crippen molar-refractivity contribution in [2.75, 3.05) is 18.5 Å². The molecule has 0 bridgehead atoms. The Labute approximate surface area is 111 Å². The number of hydrogen-bond acceptors (Lipinski definition) is 2. The number of aliphatic hydroxyl groups is 1. The van der Waals surface area contributed by atoms with Gasteiger partial charge < -0.3 is 10.0 Å². The van der Waals surface area contributed by atoms with Crippen LogP contribution in [0.1, 0.15) is 31.9 Å². The molecule has 2 nitrogen and oxygen atoms in total. The first kappa shape index (κ1) is 15.8. The van der Waals surface area contributed by atoms with E-state index in [1.807, 2.05) is 20.8 Å². The third-order valence-electron chi connectivity index (χ3n) is 2.67. The van der Waals surface area contributed by atoms with Crippen molar-refractivity contribution in [3.63, 3.8) is 0 Å². The Hall–Kier alpha value is -1.23. The Morgan fingerprint density at radius 2 is 1.74 bits per heavy atom. The zero-order chi connectivity index (χ0) is 14.8. The zero-order valence-electron chi connectivity index (χ0n) is 11.7. The Morgan fingerprint density at radius 1 is 1.16 bits per heavy atom. The van der Waals surface area contributed by atoms with E-state index in [1.54, 1.807) is 11.9 Å². The molecule has 0 atom stereocenters. The van der Waals surface area contributed by atoms with Crippen LogP contribution in [0.15, 0.2) is 18.2 Å². The van der Waals surface area contributed by atoms with Gasteiger partial charge in [0.25, 0.3) is 0 Å². The second-order valence-electron chi connectivity index (χ2n) is 5.92. The molecule has 1 aromatic carbocycles. The topological polar surface area (TPSA) is 23.5 Å². The van der Waals surface area contributed by atoms with E-state index in [9.17, 15) is 13.2 Å². The molecule has 5 heteroatoms. The Kier molecular flexibility index (Phi) is 4.50. The van der Waals surface area contributed by atoms with Gasteiger partial charge in [0, 0.05) is 19.3 Å². The minimum atomic E-state index is -4.42. The molecule has 0 radical (unpaired) electrons. The normalized spacial score (nSPS) is 12.6. The lowest BCUT2D eigenvalue weighted by atomic mass is 9.95. The highest BCUT2D eigenvalue weighted by Gasteiger charge is 2.35. The number of anilines is 1. The highest BCUT2D eigenvalue weighted by molar-refractivity contribution is 5.56. The molecule has 19 heavy (non-hydrogen) atoms. The summed E-state index contributed by atoms with van der Waals surface area (Å²) in [5.41, 5.74) is -0.404. The highest BCUT2D eigenvalue weighted by Crippen LogP contribution is 2.37. The van der Waals surface area contributed by atoms with Gasteiger partial charge in [0.2, 0.25) is 0 Å². The van der Waals surface area contributed by atoms with E-state index in [2.05, 4.69) is 0 Å². The van der Waals surface area contributed by atoms with Gasteiger partial charge in [-0.05, 0) is 23.1 Å². The molecule has 0 aliphatic rings. The lowest BCUT2D eigenvalue weighted by Gasteiger charge is -2.30. The van der Waals surface area contributed by atoms with Crippen LogP contribution in [-0.4, -0.2) is 18.7 Å². The van der Waals surface area contributed by atoms with E-state index in [0.29, 0.717) is 6.54 Å². The predicted molar refractivity (Wildman–Crippen MR) is 70.1 cm³/mol. The predicted octanol–water partition coefficient (Wildman–Crippen LogP) is 3.68. The molecule has 0 saturated carbocycles. The monoisotopic (exact) mass is 275 g/mol. The molecule has 1 rings (SSSR count). The Morgan fingerprint density at radius 3 is 2.16 bits per heavy atom. The maximum absolute atomic E-state index is 13.0. The number of rotatable bonds is 3. The summed E-state index contributed by atoms with van der Waals surface area (Å²) in [4.78, 5) is 1.60. The maximum atomic E-state index is 13.0. The maximum Gasteiger partial charge on any atom is 0.418 e. The van der Waals surface area contributed by atoms with E-state index in [4.69, 9.17) is 5.11 Å². The number of halogens is 3. The van der Waals surface area contributed by atoms with Gasteiger partial charge in [0.15, 0.2) is 0 Å². The summed E-state index contributed by atoms with van der Waals surface area (Å²) in [6.45, 7) is 6.03. The molecular formula is C14H20F3NO. The smallest absolute Gasteiger partial charge is 0.392 e. The van der Waals surface area contributed by atoms with Crippen LogP contribution >= 0.6 is 0 Å². The summed E-state index contributed by atoms with van der Waals surface area (Å²) in [5, 5.41) is 8.96. The number of alkyl halides is 3. The van der Waals surface area contributed by atoms with E-state index < -0.39 is 18.3 Å². The van der Waals surface area contributed by atoms with Gasteiger partial charge in [-0.25, -0.2) is 0 Å². The zero-order valence-corrected chi connectivity index (χ0v) is 11.7. The van der Waals surface area contributed by atoms with Gasteiger partial charge in [-0.1, -0.05) is 26.8 Å². The van der Waals surface area contributed by atoms with Crippen molar-refractivity contribution in [2.24, 2.45) is 5.41 Å². The van der Waals surface area contributed by atoms with Crippen LogP contribution < -0.4 is 4.90 Å². The minimum absolute atomic E-state index is 0.104. The van der Waals surface area contributed by atoms with Crippen molar-refractivity contribution < 1.29 is 18.3 Å². The van der Waals surface area contributed by atoms with Crippen molar-refractivity contribution >= 4 is 5.69 Å². The fourth-order valence-electron chi connectivity index (χ4n) is 2.04. The van der Waals surface area contributed by atoms with Crippen LogP contribution in [0.2, 0.25) is 0 Å². The largest absolute Gasteiger partial charge is 0.418 e. The van der Waals surface area contributed by atoms with Crippen molar-refractivity contribution in [2.45, 2.75) is 33.6 Å². The molecule has 1 aromatic rings. The van der Waals surface area contributed by atoms with E-state index in [-0.39, 0.29) is 16.7 Å².